The zero-order valence-electron chi connectivity index (χ0n) is 9.31. The van der Waals surface area contributed by atoms with Gasteiger partial charge in [0.1, 0.15) is 11.6 Å². The van der Waals surface area contributed by atoms with Crippen molar-refractivity contribution in [1.29, 1.82) is 0 Å². The lowest BCUT2D eigenvalue weighted by molar-refractivity contribution is 0.595. The van der Waals surface area contributed by atoms with Crippen molar-refractivity contribution < 1.29 is 8.78 Å². The topological polar surface area (TPSA) is 12.0 Å². The quantitative estimate of drug-likeness (QED) is 0.707. The molecule has 2 aromatic rings. The summed E-state index contributed by atoms with van der Waals surface area (Å²) in [4.78, 5) is 0. The van der Waals surface area contributed by atoms with Crippen molar-refractivity contribution in [3.05, 3.63) is 49.6 Å². The molecule has 1 unspecified atom stereocenters. The van der Waals surface area contributed by atoms with Crippen LogP contribution in [0.5, 0.6) is 0 Å². The molecule has 18 heavy (non-hydrogen) atoms. The maximum Gasteiger partial charge on any atom is 0.147 e. The highest BCUT2D eigenvalue weighted by Crippen LogP contribution is 2.29. The molecule has 2 rings (SSSR count). The molecule has 0 aliphatic rings. The Morgan fingerprint density at radius 2 is 2.00 bits per heavy atom. The first kappa shape index (κ1) is 13.8. The zero-order chi connectivity index (χ0) is 13.3. The third-order valence-electron chi connectivity index (χ3n) is 2.47. The van der Waals surface area contributed by atoms with Crippen LogP contribution in [0.1, 0.15) is 18.5 Å². The molecule has 1 N–H and O–H groups in total. The summed E-state index contributed by atoms with van der Waals surface area (Å²) in [5.41, 5.74) is 1.07. The molecule has 0 spiro atoms. The number of hydrogen-bond donors (Lipinski definition) is 1. The van der Waals surface area contributed by atoms with Gasteiger partial charge >= 0.3 is 0 Å². The molecule has 0 amide bonds. The average molecular weight is 353 g/mol. The second kappa shape index (κ2) is 5.55. The van der Waals surface area contributed by atoms with Crippen molar-refractivity contribution in [3.8, 4) is 0 Å². The summed E-state index contributed by atoms with van der Waals surface area (Å²) in [7, 11) is 0. The Morgan fingerprint density at radius 3 is 2.61 bits per heavy atom. The fraction of sp³-hybridized carbons (Fsp3) is 0.167. The van der Waals surface area contributed by atoms with Crippen molar-refractivity contribution >= 4 is 44.6 Å². The van der Waals surface area contributed by atoms with Gasteiger partial charge in [-0.3, -0.25) is 0 Å². The molecule has 1 aromatic heterocycles. The van der Waals surface area contributed by atoms with E-state index in [0.717, 1.165) is 17.7 Å². The molecule has 0 radical (unpaired) electrons. The minimum absolute atomic E-state index is 0.108. The molecule has 0 aliphatic heterocycles. The Balaban J connectivity index is 2.21. The van der Waals surface area contributed by atoms with E-state index in [1.807, 2.05) is 12.3 Å². The lowest BCUT2D eigenvalue weighted by Crippen LogP contribution is -2.07. The molecule has 6 heteroatoms. The molecule has 1 heterocycles. The van der Waals surface area contributed by atoms with Gasteiger partial charge in [0.2, 0.25) is 0 Å². The van der Waals surface area contributed by atoms with E-state index in [1.54, 1.807) is 6.07 Å². The third-order valence-corrected chi connectivity index (χ3v) is 4.19. The van der Waals surface area contributed by atoms with E-state index < -0.39 is 11.6 Å². The Morgan fingerprint density at radius 1 is 1.28 bits per heavy atom. The van der Waals surface area contributed by atoms with Crippen LogP contribution in [0.4, 0.5) is 14.5 Å². The highest BCUT2D eigenvalue weighted by molar-refractivity contribution is 9.10. The SMILES string of the molecule is CC(Nc1cc(F)c(Br)cc1F)c1csc(Cl)c1. The second-order valence-corrected chi connectivity index (χ2v) is 6.19. The van der Waals surface area contributed by atoms with Gasteiger partial charge in [0, 0.05) is 12.1 Å². The van der Waals surface area contributed by atoms with Crippen molar-refractivity contribution in [2.24, 2.45) is 0 Å². The van der Waals surface area contributed by atoms with Gasteiger partial charge in [0.05, 0.1) is 14.5 Å². The molecule has 1 aromatic carbocycles. The van der Waals surface area contributed by atoms with Crippen molar-refractivity contribution in [2.45, 2.75) is 13.0 Å². The number of benzene rings is 1. The summed E-state index contributed by atoms with van der Waals surface area (Å²) in [5.74, 6) is -1.01. The third kappa shape index (κ3) is 3.02. The Kier molecular flexibility index (Phi) is 4.25. The average Bonchev–Trinajstić information content (AvgIpc) is 2.73. The summed E-state index contributed by atoms with van der Waals surface area (Å²) >= 11 is 10.2. The predicted octanol–water partition coefficient (Wildman–Crippen LogP) is 5.62. The van der Waals surface area contributed by atoms with E-state index in [2.05, 4.69) is 21.2 Å². The van der Waals surface area contributed by atoms with Gasteiger partial charge in [-0.2, -0.15) is 0 Å². The number of nitrogens with one attached hydrogen (secondary N) is 1. The van der Waals surface area contributed by atoms with E-state index in [-0.39, 0.29) is 16.2 Å². The Labute approximate surface area is 121 Å². The molecular formula is C12H9BrClF2NS. The summed E-state index contributed by atoms with van der Waals surface area (Å²) in [5, 5.41) is 4.80. The van der Waals surface area contributed by atoms with E-state index in [9.17, 15) is 8.78 Å². The molecule has 96 valence electrons. The molecule has 0 saturated carbocycles. The van der Waals surface area contributed by atoms with E-state index >= 15 is 0 Å². The molecule has 0 saturated heterocycles. The highest BCUT2D eigenvalue weighted by Gasteiger charge is 2.12. The van der Waals surface area contributed by atoms with Crippen LogP contribution in [-0.2, 0) is 0 Å². The zero-order valence-corrected chi connectivity index (χ0v) is 12.5. The lowest BCUT2D eigenvalue weighted by Gasteiger charge is -2.15. The first-order valence-electron chi connectivity index (χ1n) is 5.12. The summed E-state index contributed by atoms with van der Waals surface area (Å²) in [6.45, 7) is 1.86. The number of hydrogen-bond acceptors (Lipinski definition) is 2. The molecular weight excluding hydrogens is 344 g/mol. The van der Waals surface area contributed by atoms with E-state index in [4.69, 9.17) is 11.6 Å². The summed E-state index contributed by atoms with van der Waals surface area (Å²) in [6.07, 6.45) is 0. The monoisotopic (exact) mass is 351 g/mol. The smallest absolute Gasteiger partial charge is 0.147 e. The van der Waals surface area contributed by atoms with Crippen LogP contribution in [0, 0.1) is 11.6 Å². The van der Waals surface area contributed by atoms with E-state index in [1.165, 1.54) is 11.3 Å². The number of rotatable bonds is 3. The predicted molar refractivity (Wildman–Crippen MR) is 75.4 cm³/mol. The molecule has 1 nitrogen and oxygen atoms in total. The van der Waals surface area contributed by atoms with Gasteiger partial charge in [-0.25, -0.2) is 8.78 Å². The van der Waals surface area contributed by atoms with Gasteiger partial charge < -0.3 is 5.32 Å². The number of anilines is 1. The van der Waals surface area contributed by atoms with Gasteiger partial charge in [-0.1, -0.05) is 11.6 Å². The Hall–Kier alpha value is -0.650. The van der Waals surface area contributed by atoms with Crippen LogP contribution in [0.3, 0.4) is 0 Å². The number of halogens is 4. The highest BCUT2D eigenvalue weighted by atomic mass is 79.9. The minimum Gasteiger partial charge on any atom is -0.376 e. The maximum atomic E-state index is 13.6. The standard InChI is InChI=1S/C12H9BrClF2NS/c1-6(7-2-12(14)18-5-7)17-11-4-9(15)8(13)3-10(11)16/h2-6,17H,1H3. The number of thiophene rings is 1. The molecule has 1 atom stereocenters. The van der Waals surface area contributed by atoms with Crippen LogP contribution in [0.2, 0.25) is 4.34 Å². The van der Waals surface area contributed by atoms with Crippen molar-refractivity contribution in [1.82, 2.24) is 0 Å². The Bertz CT molecular complexity index is 573. The minimum atomic E-state index is -0.505. The second-order valence-electron chi connectivity index (χ2n) is 3.80. The van der Waals surface area contributed by atoms with Gasteiger partial charge in [0.15, 0.2) is 0 Å². The summed E-state index contributed by atoms with van der Waals surface area (Å²) < 4.78 is 27.7. The van der Waals surface area contributed by atoms with Crippen LogP contribution in [0.25, 0.3) is 0 Å². The van der Waals surface area contributed by atoms with Crippen LogP contribution in [-0.4, -0.2) is 0 Å². The van der Waals surface area contributed by atoms with Gasteiger partial charge in [-0.15, -0.1) is 11.3 Å². The first-order valence-corrected chi connectivity index (χ1v) is 7.17. The largest absolute Gasteiger partial charge is 0.376 e. The first-order chi connectivity index (χ1) is 8.47. The summed E-state index contributed by atoms with van der Waals surface area (Å²) in [6, 6.07) is 3.88. The van der Waals surface area contributed by atoms with Crippen LogP contribution < -0.4 is 5.32 Å². The van der Waals surface area contributed by atoms with E-state index in [0.29, 0.717) is 4.34 Å². The fourth-order valence-electron chi connectivity index (χ4n) is 1.50. The van der Waals surface area contributed by atoms with Gasteiger partial charge in [0.25, 0.3) is 0 Å². The normalized spacial score (nSPS) is 12.5. The van der Waals surface area contributed by atoms with Crippen LogP contribution >= 0.6 is 38.9 Å². The fourth-order valence-corrected chi connectivity index (χ4v) is 2.80. The van der Waals surface area contributed by atoms with Crippen molar-refractivity contribution in [2.75, 3.05) is 5.32 Å². The lowest BCUT2D eigenvalue weighted by atomic mass is 10.1. The maximum absolute atomic E-state index is 13.6. The van der Waals surface area contributed by atoms with Gasteiger partial charge in [-0.05, 0) is 45.9 Å². The molecule has 0 bridgehead atoms. The van der Waals surface area contributed by atoms with Crippen molar-refractivity contribution in [3.63, 3.8) is 0 Å². The molecule has 0 aliphatic carbocycles. The van der Waals surface area contributed by atoms with Crippen LogP contribution in [0.15, 0.2) is 28.1 Å². The molecule has 0 fully saturated rings.